The summed E-state index contributed by atoms with van der Waals surface area (Å²) in [5.74, 6) is 0. The van der Waals surface area contributed by atoms with E-state index in [2.05, 4.69) is 10.6 Å². The van der Waals surface area contributed by atoms with Gasteiger partial charge in [0.15, 0.2) is 0 Å². The number of halogens is 3. The third-order valence-corrected chi connectivity index (χ3v) is 2.18. The maximum atomic E-state index is 12.4. The van der Waals surface area contributed by atoms with E-state index in [-0.39, 0.29) is 18.3 Å². The molecule has 0 saturated carbocycles. The van der Waals surface area contributed by atoms with Crippen molar-refractivity contribution in [2.75, 3.05) is 11.9 Å². The van der Waals surface area contributed by atoms with Crippen LogP contribution in [-0.2, 0) is 6.18 Å². The van der Waals surface area contributed by atoms with E-state index in [1.54, 1.807) is 6.92 Å². The molecule has 1 aromatic rings. The van der Waals surface area contributed by atoms with Crippen molar-refractivity contribution in [1.29, 1.82) is 0 Å². The molecule has 1 atom stereocenters. The van der Waals surface area contributed by atoms with Crippen LogP contribution >= 0.6 is 0 Å². The second-order valence-corrected chi connectivity index (χ2v) is 3.81. The van der Waals surface area contributed by atoms with Crippen molar-refractivity contribution in [1.82, 2.24) is 5.32 Å². The summed E-state index contributed by atoms with van der Waals surface area (Å²) in [7, 11) is 0. The highest BCUT2D eigenvalue weighted by molar-refractivity contribution is 5.89. The fourth-order valence-electron chi connectivity index (χ4n) is 1.22. The Morgan fingerprint density at radius 2 is 2.11 bits per heavy atom. The Hall–Kier alpha value is -1.76. The monoisotopic (exact) mass is 261 g/mol. The lowest BCUT2D eigenvalue weighted by atomic mass is 10.2. The molecule has 0 heterocycles. The highest BCUT2D eigenvalue weighted by Gasteiger charge is 2.30. The normalized spacial score (nSPS) is 12.9. The zero-order chi connectivity index (χ0) is 13.8. The van der Waals surface area contributed by atoms with Crippen LogP contribution in [0.3, 0.4) is 0 Å². The van der Waals surface area contributed by atoms with Crippen molar-refractivity contribution in [2.24, 2.45) is 5.73 Å². The number of alkyl halides is 3. The minimum absolute atomic E-state index is 0.0755. The average molecular weight is 261 g/mol. The summed E-state index contributed by atoms with van der Waals surface area (Å²) in [6.07, 6.45) is -4.43. The number of urea groups is 1. The zero-order valence-electron chi connectivity index (χ0n) is 9.71. The number of hydrogen-bond donors (Lipinski definition) is 3. The van der Waals surface area contributed by atoms with Crippen molar-refractivity contribution in [2.45, 2.75) is 19.1 Å². The lowest BCUT2D eigenvalue weighted by molar-refractivity contribution is -0.137. The molecule has 2 amide bonds. The summed E-state index contributed by atoms with van der Waals surface area (Å²) < 4.78 is 37.3. The maximum Gasteiger partial charge on any atom is 0.416 e. The number of nitrogens with one attached hydrogen (secondary N) is 2. The van der Waals surface area contributed by atoms with E-state index >= 15 is 0 Å². The number of hydrogen-bond acceptors (Lipinski definition) is 2. The highest BCUT2D eigenvalue weighted by Crippen LogP contribution is 2.30. The van der Waals surface area contributed by atoms with Gasteiger partial charge in [0.25, 0.3) is 0 Å². The first-order chi connectivity index (χ1) is 8.32. The van der Waals surface area contributed by atoms with Crippen molar-refractivity contribution in [3.8, 4) is 0 Å². The van der Waals surface area contributed by atoms with Gasteiger partial charge in [-0.3, -0.25) is 0 Å². The molecule has 7 heteroatoms. The molecule has 18 heavy (non-hydrogen) atoms. The smallest absolute Gasteiger partial charge is 0.334 e. The Kier molecular flexibility index (Phi) is 4.55. The van der Waals surface area contributed by atoms with Crippen LogP contribution in [0, 0.1) is 0 Å². The summed E-state index contributed by atoms with van der Waals surface area (Å²) in [5, 5.41) is 4.79. The average Bonchev–Trinajstić information content (AvgIpc) is 2.27. The second-order valence-electron chi connectivity index (χ2n) is 3.81. The van der Waals surface area contributed by atoms with Gasteiger partial charge in [0.2, 0.25) is 0 Å². The molecular weight excluding hydrogens is 247 g/mol. The van der Waals surface area contributed by atoms with Crippen LogP contribution in [0.2, 0.25) is 0 Å². The lowest BCUT2D eigenvalue weighted by Gasteiger charge is -2.13. The topological polar surface area (TPSA) is 67.1 Å². The molecule has 100 valence electrons. The molecular formula is C11H14F3N3O. The largest absolute Gasteiger partial charge is 0.416 e. The number of rotatable bonds is 3. The SMILES string of the molecule is CC(CN)NC(=O)Nc1cccc(C(F)(F)F)c1. The Labute approximate surface area is 102 Å². The van der Waals surface area contributed by atoms with Crippen LogP contribution < -0.4 is 16.4 Å². The minimum atomic E-state index is -4.43. The third kappa shape index (κ3) is 4.25. The standard InChI is InChI=1S/C11H14F3N3O/c1-7(6-15)16-10(18)17-9-4-2-3-8(5-9)11(12,13)14/h2-5,7H,6,15H2,1H3,(H2,16,17,18). The van der Waals surface area contributed by atoms with Crippen LogP contribution in [0.4, 0.5) is 23.7 Å². The molecule has 0 bridgehead atoms. The first-order valence-electron chi connectivity index (χ1n) is 5.27. The zero-order valence-corrected chi connectivity index (χ0v) is 9.71. The lowest BCUT2D eigenvalue weighted by Crippen LogP contribution is -2.40. The van der Waals surface area contributed by atoms with E-state index in [4.69, 9.17) is 5.73 Å². The van der Waals surface area contributed by atoms with Crippen molar-refractivity contribution in [3.05, 3.63) is 29.8 Å². The summed E-state index contributed by atoms with van der Waals surface area (Å²) in [6, 6.07) is 3.56. The van der Waals surface area contributed by atoms with Crippen molar-refractivity contribution in [3.63, 3.8) is 0 Å². The molecule has 0 aliphatic rings. The number of anilines is 1. The molecule has 0 saturated heterocycles. The number of benzene rings is 1. The molecule has 1 aromatic carbocycles. The minimum Gasteiger partial charge on any atom is -0.334 e. The summed E-state index contributed by atoms with van der Waals surface area (Å²) in [6.45, 7) is 1.93. The summed E-state index contributed by atoms with van der Waals surface area (Å²) >= 11 is 0. The number of nitrogens with two attached hydrogens (primary N) is 1. The van der Waals surface area contributed by atoms with Crippen LogP contribution in [0.1, 0.15) is 12.5 Å². The maximum absolute atomic E-state index is 12.4. The Balaban J connectivity index is 2.71. The highest BCUT2D eigenvalue weighted by atomic mass is 19.4. The van der Waals surface area contributed by atoms with Crippen molar-refractivity contribution < 1.29 is 18.0 Å². The second kappa shape index (κ2) is 5.72. The van der Waals surface area contributed by atoms with Crippen LogP contribution in [0.25, 0.3) is 0 Å². The fourth-order valence-corrected chi connectivity index (χ4v) is 1.22. The Morgan fingerprint density at radius 3 is 2.67 bits per heavy atom. The number of amides is 2. The fraction of sp³-hybridized carbons (Fsp3) is 0.364. The molecule has 4 N–H and O–H groups in total. The summed E-state index contributed by atoms with van der Waals surface area (Å²) in [4.78, 5) is 11.4. The van der Waals surface area contributed by atoms with Gasteiger partial charge in [-0.2, -0.15) is 13.2 Å². The van der Waals surface area contributed by atoms with Gasteiger partial charge in [0, 0.05) is 18.3 Å². The third-order valence-electron chi connectivity index (χ3n) is 2.18. The molecule has 0 fully saturated rings. The van der Waals surface area contributed by atoms with Gasteiger partial charge in [-0.1, -0.05) is 6.07 Å². The van der Waals surface area contributed by atoms with Gasteiger partial charge in [0.05, 0.1) is 5.56 Å². The molecule has 0 spiro atoms. The van der Waals surface area contributed by atoms with Gasteiger partial charge in [-0.15, -0.1) is 0 Å². The van der Waals surface area contributed by atoms with E-state index in [1.165, 1.54) is 12.1 Å². The molecule has 0 aliphatic heterocycles. The number of carbonyl (C=O) groups excluding carboxylic acids is 1. The van der Waals surface area contributed by atoms with E-state index in [0.29, 0.717) is 0 Å². The molecule has 0 aromatic heterocycles. The van der Waals surface area contributed by atoms with E-state index in [1.807, 2.05) is 0 Å². The van der Waals surface area contributed by atoms with Gasteiger partial charge < -0.3 is 16.4 Å². The first-order valence-corrected chi connectivity index (χ1v) is 5.27. The quantitative estimate of drug-likeness (QED) is 0.780. The predicted molar refractivity (Wildman–Crippen MR) is 62.1 cm³/mol. The number of carbonyl (C=O) groups is 1. The van der Waals surface area contributed by atoms with E-state index in [0.717, 1.165) is 12.1 Å². The van der Waals surface area contributed by atoms with Gasteiger partial charge >= 0.3 is 12.2 Å². The van der Waals surface area contributed by atoms with Crippen LogP contribution in [0.15, 0.2) is 24.3 Å². The van der Waals surface area contributed by atoms with Crippen molar-refractivity contribution >= 4 is 11.7 Å². The van der Waals surface area contributed by atoms with Crippen LogP contribution in [-0.4, -0.2) is 18.6 Å². The van der Waals surface area contributed by atoms with Crippen LogP contribution in [0.5, 0.6) is 0 Å². The molecule has 1 unspecified atom stereocenters. The Bertz CT molecular complexity index is 420. The van der Waals surface area contributed by atoms with Gasteiger partial charge in [-0.25, -0.2) is 4.79 Å². The van der Waals surface area contributed by atoms with E-state index < -0.39 is 17.8 Å². The van der Waals surface area contributed by atoms with E-state index in [9.17, 15) is 18.0 Å². The molecule has 1 rings (SSSR count). The summed E-state index contributed by atoms with van der Waals surface area (Å²) in [5.41, 5.74) is 4.57. The Morgan fingerprint density at radius 1 is 1.44 bits per heavy atom. The molecule has 0 radical (unpaired) electrons. The van der Waals surface area contributed by atoms with Gasteiger partial charge in [-0.05, 0) is 25.1 Å². The van der Waals surface area contributed by atoms with Gasteiger partial charge in [0.1, 0.15) is 0 Å². The first kappa shape index (κ1) is 14.3. The predicted octanol–water partition coefficient (Wildman–Crippen LogP) is 2.17. The molecule has 0 aliphatic carbocycles. The molecule has 4 nitrogen and oxygen atoms in total.